The molecule has 0 bridgehead atoms. The molecule has 0 amide bonds. The van der Waals surface area contributed by atoms with E-state index < -0.39 is 59.7 Å². The Hall–Kier alpha value is -0.760. The summed E-state index contributed by atoms with van der Waals surface area (Å²) >= 11 is 22.3. The third kappa shape index (κ3) is 7.64. The molecule has 0 saturated carbocycles. The van der Waals surface area contributed by atoms with Gasteiger partial charge in [0, 0.05) is 0 Å². The normalized spacial score (nSPS) is 12.8. The Balaban J connectivity index is 0.000000320. The Morgan fingerprint density at radius 3 is 0.906 bits per heavy atom. The van der Waals surface area contributed by atoms with Crippen LogP contribution in [0.5, 0.6) is 0 Å². The maximum absolute atomic E-state index is 11.1. The van der Waals surface area contributed by atoms with Crippen LogP contribution >= 0.6 is 46.4 Å². The van der Waals surface area contributed by atoms with Crippen LogP contribution in [0.2, 0.25) is 20.1 Å². The van der Waals surface area contributed by atoms with Gasteiger partial charge in [0.05, 0.1) is 29.9 Å². The van der Waals surface area contributed by atoms with Gasteiger partial charge in [0.15, 0.2) is 0 Å². The van der Waals surface area contributed by atoms with Crippen molar-refractivity contribution < 1.29 is 33.7 Å². The Morgan fingerprint density at radius 1 is 0.469 bits per heavy atom. The van der Waals surface area contributed by atoms with Crippen molar-refractivity contribution in [3.8, 4) is 0 Å². The highest BCUT2D eigenvalue weighted by Crippen LogP contribution is 2.32. The third-order valence-electron chi connectivity index (χ3n) is 3.21. The molecule has 0 aromatic heterocycles. The molecule has 0 unspecified atom stereocenters. The molecular weight excluding hydrogens is 598 g/mol. The topological polar surface area (TPSA) is 241 Å². The fourth-order valence-corrected chi connectivity index (χ4v) is 5.95. The van der Waals surface area contributed by atoms with E-state index in [1.165, 1.54) is 0 Å². The van der Waals surface area contributed by atoms with Crippen LogP contribution in [0.25, 0.3) is 0 Å². The Morgan fingerprint density at radius 2 is 0.719 bits per heavy atom. The van der Waals surface area contributed by atoms with E-state index >= 15 is 0 Å². The van der Waals surface area contributed by atoms with Gasteiger partial charge in [-0.2, -0.15) is 0 Å². The van der Waals surface area contributed by atoms with Gasteiger partial charge < -0.3 is 0 Å². The minimum atomic E-state index is -4.18. The second-order valence-corrected chi connectivity index (χ2v) is 13.4. The highest BCUT2D eigenvalue weighted by atomic mass is 35.5. The van der Waals surface area contributed by atoms with Gasteiger partial charge in [0.1, 0.15) is 9.79 Å². The summed E-state index contributed by atoms with van der Waals surface area (Å²) in [6, 6.07) is 3.37. The van der Waals surface area contributed by atoms with E-state index in [1.54, 1.807) is 0 Å². The quantitative estimate of drug-likeness (QED) is 0.381. The summed E-state index contributed by atoms with van der Waals surface area (Å²) < 4.78 is 88.4. The second-order valence-electron chi connectivity index (χ2n) is 5.61. The van der Waals surface area contributed by atoms with Gasteiger partial charge in [-0.1, -0.05) is 46.4 Å². The molecule has 0 spiro atoms. The molecule has 0 aliphatic heterocycles. The van der Waals surface area contributed by atoms with Gasteiger partial charge in [-0.25, -0.2) is 54.2 Å². The summed E-state index contributed by atoms with van der Waals surface area (Å²) in [5, 5.41) is 18.1. The Bertz CT molecular complexity index is 1390. The molecule has 0 saturated heterocycles. The van der Waals surface area contributed by atoms with E-state index in [1.807, 2.05) is 0 Å². The molecule has 32 heavy (non-hydrogen) atoms. The zero-order valence-electron chi connectivity index (χ0n) is 15.0. The average Bonchev–Trinajstić information content (AvgIpc) is 2.56. The smallest absolute Gasteiger partial charge is 0.225 e. The van der Waals surface area contributed by atoms with E-state index in [4.69, 9.17) is 67.0 Å². The first kappa shape index (κ1) is 29.3. The van der Waals surface area contributed by atoms with Gasteiger partial charge in [-0.15, -0.1) is 0 Å². The van der Waals surface area contributed by atoms with Crippen LogP contribution in [0.15, 0.2) is 43.8 Å². The van der Waals surface area contributed by atoms with Crippen LogP contribution in [0.4, 0.5) is 0 Å². The molecule has 0 heterocycles. The fraction of sp³-hybridized carbons (Fsp3) is 0. The first-order valence-electron chi connectivity index (χ1n) is 7.16. The predicted octanol–water partition coefficient (Wildman–Crippen LogP) is 0.576. The third-order valence-corrected chi connectivity index (χ3v) is 8.69. The van der Waals surface area contributed by atoms with Crippen LogP contribution in [0.3, 0.4) is 0 Å². The second kappa shape index (κ2) is 9.85. The molecule has 2 rings (SSSR count). The van der Waals surface area contributed by atoms with Crippen LogP contribution in [-0.2, 0) is 40.1 Å². The minimum Gasteiger partial charge on any atom is -0.225 e. The maximum atomic E-state index is 11.1. The van der Waals surface area contributed by atoms with E-state index in [9.17, 15) is 33.7 Å². The monoisotopic (exact) mass is 608 g/mol. The van der Waals surface area contributed by atoms with Gasteiger partial charge in [-0.3, -0.25) is 0 Å². The van der Waals surface area contributed by atoms with E-state index in [0.717, 1.165) is 24.3 Å². The molecule has 0 atom stereocenters. The van der Waals surface area contributed by atoms with Gasteiger partial charge in [-0.05, 0) is 24.3 Å². The molecule has 8 N–H and O–H groups in total. The largest absolute Gasteiger partial charge is 0.239 e. The van der Waals surface area contributed by atoms with E-state index in [2.05, 4.69) is 0 Å². The average molecular weight is 610 g/mol. The predicted molar refractivity (Wildman–Crippen MR) is 118 cm³/mol. The number of sulfonamides is 4. The number of nitrogens with two attached hydrogens (primary N) is 4. The van der Waals surface area contributed by atoms with Crippen molar-refractivity contribution in [2.24, 2.45) is 20.6 Å². The Labute approximate surface area is 203 Å². The molecule has 2 aromatic carbocycles. The molecule has 20 heteroatoms. The minimum absolute atomic E-state index is 0.266. The van der Waals surface area contributed by atoms with Crippen LogP contribution in [0.1, 0.15) is 0 Å². The molecule has 180 valence electrons. The van der Waals surface area contributed by atoms with Crippen LogP contribution < -0.4 is 20.6 Å². The lowest BCUT2D eigenvalue weighted by atomic mass is 10.3. The van der Waals surface area contributed by atoms with Crippen molar-refractivity contribution in [2.45, 2.75) is 19.6 Å². The van der Waals surface area contributed by atoms with Crippen molar-refractivity contribution in [3.63, 3.8) is 0 Å². The van der Waals surface area contributed by atoms with Crippen molar-refractivity contribution in [1.82, 2.24) is 0 Å². The van der Waals surface area contributed by atoms with Crippen molar-refractivity contribution in [3.05, 3.63) is 44.4 Å². The molecule has 0 aliphatic rings. The number of benzene rings is 2. The fourth-order valence-electron chi connectivity index (χ4n) is 1.82. The van der Waals surface area contributed by atoms with Gasteiger partial charge in [0.2, 0.25) is 40.1 Å². The molecule has 0 radical (unpaired) electrons. The first-order valence-corrected chi connectivity index (χ1v) is 14.9. The lowest BCUT2D eigenvalue weighted by Gasteiger charge is -2.06. The summed E-state index contributed by atoms with van der Waals surface area (Å²) in [7, 11) is -16.5. The van der Waals surface area contributed by atoms with Gasteiger partial charge in [0.25, 0.3) is 0 Å². The summed E-state index contributed by atoms with van der Waals surface area (Å²) in [5.41, 5.74) is 0. The highest BCUT2D eigenvalue weighted by Gasteiger charge is 2.21. The maximum Gasteiger partial charge on any atom is 0.239 e. The summed E-state index contributed by atoms with van der Waals surface area (Å²) in [6.45, 7) is 0. The summed E-state index contributed by atoms with van der Waals surface area (Å²) in [5.74, 6) is 0. The zero-order chi connectivity index (χ0) is 25.4. The van der Waals surface area contributed by atoms with Crippen LogP contribution in [0, 0.1) is 0 Å². The van der Waals surface area contributed by atoms with E-state index in [0.29, 0.717) is 0 Å². The van der Waals surface area contributed by atoms with Crippen molar-refractivity contribution >= 4 is 86.5 Å². The zero-order valence-corrected chi connectivity index (χ0v) is 21.3. The Kier molecular flexibility index (Phi) is 9.01. The molecule has 12 nitrogen and oxygen atoms in total. The lowest BCUT2D eigenvalue weighted by Crippen LogP contribution is -2.16. The number of hydrogen-bond acceptors (Lipinski definition) is 8. The number of hydrogen-bond donors (Lipinski definition) is 4. The summed E-state index contributed by atoms with van der Waals surface area (Å²) in [4.78, 5) is -2.15. The first-order chi connectivity index (χ1) is 14.1. The number of rotatable bonds is 4. The van der Waals surface area contributed by atoms with Crippen molar-refractivity contribution in [2.75, 3.05) is 0 Å². The standard InChI is InChI=1S/2C6H6Cl2N2O4S2/c2*7-4-1-3(15(9,11)12)2-5(6(4)8)16(10,13)14/h2*1-2H,(H2,9,11,12)(H2,10,13,14). The highest BCUT2D eigenvalue weighted by molar-refractivity contribution is 7.90. The molecular formula is C12H12Cl4N4O8S4. The SMILES string of the molecule is NS(=O)(=O)c1cc(Cl)c(Cl)c(S(N)(=O)=O)c1.NS(=O)(=O)c1cc(Cl)c(Cl)c(S(N)(=O)=O)c1. The summed E-state index contributed by atoms with van der Waals surface area (Å²) in [6.07, 6.45) is 0. The number of primary sulfonamides is 4. The molecule has 0 fully saturated rings. The molecule has 0 aliphatic carbocycles. The van der Waals surface area contributed by atoms with Gasteiger partial charge >= 0.3 is 0 Å². The van der Waals surface area contributed by atoms with Crippen molar-refractivity contribution in [1.29, 1.82) is 0 Å². The number of halogens is 4. The molecule has 2 aromatic rings. The van der Waals surface area contributed by atoms with Crippen LogP contribution in [-0.4, -0.2) is 33.7 Å². The van der Waals surface area contributed by atoms with E-state index in [-0.39, 0.29) is 20.1 Å². The lowest BCUT2D eigenvalue weighted by molar-refractivity contribution is 0.592.